The first-order valence-electron chi connectivity index (χ1n) is 6.92. The molecule has 102 valence electrons. The number of aromatic nitrogens is 2. The van der Waals surface area contributed by atoms with Gasteiger partial charge in [0.1, 0.15) is 6.61 Å². The summed E-state index contributed by atoms with van der Waals surface area (Å²) in [7, 11) is 0. The van der Waals surface area contributed by atoms with Crippen molar-refractivity contribution in [3.8, 4) is 6.01 Å². The van der Waals surface area contributed by atoms with E-state index in [2.05, 4.69) is 14.9 Å². The summed E-state index contributed by atoms with van der Waals surface area (Å²) in [4.78, 5) is 9.98. The number of ether oxygens (including phenoxy) is 1. The zero-order valence-electron chi connectivity index (χ0n) is 11.1. The minimum atomic E-state index is 0.581. The lowest BCUT2D eigenvalue weighted by atomic mass is 10.1. The average Bonchev–Trinajstić information content (AvgIpc) is 2.82. The number of nitrogen functional groups attached to an aromatic ring is 1. The van der Waals surface area contributed by atoms with Gasteiger partial charge in [0.25, 0.3) is 6.01 Å². The van der Waals surface area contributed by atoms with Gasteiger partial charge in [-0.1, -0.05) is 6.42 Å². The number of imidazole rings is 1. The molecule has 2 aromatic rings. The summed E-state index contributed by atoms with van der Waals surface area (Å²) in [5.41, 5.74) is 8.28. The normalized spacial score (nSPS) is 16.8. The van der Waals surface area contributed by atoms with Crippen LogP contribution < -0.4 is 10.5 Å². The van der Waals surface area contributed by atoms with Crippen LogP contribution in [0.1, 0.15) is 19.3 Å². The van der Waals surface area contributed by atoms with Gasteiger partial charge >= 0.3 is 0 Å². The highest BCUT2D eigenvalue weighted by atomic mass is 16.5. The lowest BCUT2D eigenvalue weighted by Crippen LogP contribution is -2.33. The van der Waals surface area contributed by atoms with E-state index in [-0.39, 0.29) is 0 Å². The van der Waals surface area contributed by atoms with E-state index in [0.717, 1.165) is 23.3 Å². The molecule has 1 aromatic heterocycles. The molecule has 0 aliphatic carbocycles. The first-order valence-corrected chi connectivity index (χ1v) is 6.92. The van der Waals surface area contributed by atoms with Gasteiger partial charge in [-0.25, -0.2) is 0 Å². The molecule has 1 aliphatic heterocycles. The van der Waals surface area contributed by atoms with Crippen molar-refractivity contribution in [1.29, 1.82) is 0 Å². The van der Waals surface area contributed by atoms with Gasteiger partial charge in [-0.3, -0.25) is 4.90 Å². The molecule has 0 unspecified atom stereocenters. The maximum Gasteiger partial charge on any atom is 0.294 e. The number of H-pyrrole nitrogens is 1. The second-order valence-electron chi connectivity index (χ2n) is 5.07. The van der Waals surface area contributed by atoms with Gasteiger partial charge in [0.2, 0.25) is 0 Å². The van der Waals surface area contributed by atoms with Crippen LogP contribution in [0.25, 0.3) is 11.0 Å². The smallest absolute Gasteiger partial charge is 0.294 e. The van der Waals surface area contributed by atoms with Crippen LogP contribution in [-0.4, -0.2) is 41.1 Å². The molecule has 0 spiro atoms. The van der Waals surface area contributed by atoms with Crippen LogP contribution in [0.5, 0.6) is 6.01 Å². The van der Waals surface area contributed by atoms with Crippen LogP contribution in [-0.2, 0) is 0 Å². The number of anilines is 1. The molecule has 5 heteroatoms. The Bertz CT molecular complexity index is 545. The summed E-state index contributed by atoms with van der Waals surface area (Å²) in [6.07, 6.45) is 3.98. The highest BCUT2D eigenvalue weighted by Crippen LogP contribution is 2.18. The Labute approximate surface area is 112 Å². The van der Waals surface area contributed by atoms with Crippen molar-refractivity contribution in [3.05, 3.63) is 18.2 Å². The zero-order chi connectivity index (χ0) is 13.1. The van der Waals surface area contributed by atoms with E-state index in [1.54, 1.807) is 0 Å². The quantitative estimate of drug-likeness (QED) is 0.825. The topological polar surface area (TPSA) is 67.2 Å². The van der Waals surface area contributed by atoms with Crippen LogP contribution in [0.3, 0.4) is 0 Å². The summed E-state index contributed by atoms with van der Waals surface area (Å²) in [6, 6.07) is 6.21. The lowest BCUT2D eigenvalue weighted by Gasteiger charge is -2.25. The maximum atomic E-state index is 5.74. The molecule has 0 saturated carbocycles. The van der Waals surface area contributed by atoms with Gasteiger partial charge in [-0.2, -0.15) is 4.98 Å². The number of nitrogens with two attached hydrogens (primary N) is 1. The molecular weight excluding hydrogens is 240 g/mol. The predicted molar refractivity (Wildman–Crippen MR) is 76.3 cm³/mol. The molecule has 3 rings (SSSR count). The van der Waals surface area contributed by atoms with E-state index in [1.165, 1.54) is 32.4 Å². The van der Waals surface area contributed by atoms with Crippen molar-refractivity contribution in [1.82, 2.24) is 14.9 Å². The van der Waals surface area contributed by atoms with Gasteiger partial charge in [0.05, 0.1) is 11.0 Å². The van der Waals surface area contributed by atoms with Crippen LogP contribution in [0.2, 0.25) is 0 Å². The Morgan fingerprint density at radius 1 is 1.26 bits per heavy atom. The third-order valence-electron chi connectivity index (χ3n) is 3.58. The Hall–Kier alpha value is -1.75. The van der Waals surface area contributed by atoms with Crippen LogP contribution in [0.4, 0.5) is 5.69 Å². The number of hydrogen-bond acceptors (Lipinski definition) is 4. The molecule has 0 radical (unpaired) electrons. The Kier molecular flexibility index (Phi) is 3.55. The zero-order valence-corrected chi connectivity index (χ0v) is 11.1. The van der Waals surface area contributed by atoms with Gasteiger partial charge < -0.3 is 15.5 Å². The minimum Gasteiger partial charge on any atom is -0.463 e. The number of rotatable bonds is 4. The fraction of sp³-hybridized carbons (Fsp3) is 0.500. The third kappa shape index (κ3) is 2.98. The van der Waals surface area contributed by atoms with E-state index in [1.807, 2.05) is 18.2 Å². The Morgan fingerprint density at radius 3 is 2.95 bits per heavy atom. The van der Waals surface area contributed by atoms with Crippen LogP contribution >= 0.6 is 0 Å². The standard InChI is InChI=1S/C14H20N4O/c15-11-4-5-12-13(10-11)17-14(16-12)19-9-8-18-6-2-1-3-7-18/h4-5,10H,1-3,6-9,15H2,(H,16,17). The second kappa shape index (κ2) is 5.48. The average molecular weight is 260 g/mol. The fourth-order valence-electron chi connectivity index (χ4n) is 2.53. The maximum absolute atomic E-state index is 5.74. The number of benzene rings is 1. The summed E-state index contributed by atoms with van der Waals surface area (Å²) < 4.78 is 5.68. The molecular formula is C14H20N4O. The van der Waals surface area contributed by atoms with Gasteiger partial charge in [0.15, 0.2) is 0 Å². The summed E-state index contributed by atoms with van der Waals surface area (Å²) in [5, 5.41) is 0. The van der Waals surface area contributed by atoms with Crippen molar-refractivity contribution in [2.45, 2.75) is 19.3 Å². The Morgan fingerprint density at radius 2 is 2.11 bits per heavy atom. The number of likely N-dealkylation sites (tertiary alicyclic amines) is 1. The molecule has 1 aromatic carbocycles. The fourth-order valence-corrected chi connectivity index (χ4v) is 2.53. The SMILES string of the molecule is Nc1ccc2nc(OCCN3CCCCC3)[nH]c2c1. The van der Waals surface area contributed by atoms with Gasteiger partial charge in [-0.05, 0) is 44.1 Å². The number of nitrogens with one attached hydrogen (secondary N) is 1. The molecule has 1 fully saturated rings. The first-order chi connectivity index (χ1) is 9.31. The van der Waals surface area contributed by atoms with Gasteiger partial charge in [0, 0.05) is 12.2 Å². The minimum absolute atomic E-state index is 0.581. The van der Waals surface area contributed by atoms with E-state index < -0.39 is 0 Å². The molecule has 2 heterocycles. The molecule has 0 atom stereocenters. The van der Waals surface area contributed by atoms with Crippen LogP contribution in [0.15, 0.2) is 18.2 Å². The summed E-state index contributed by atoms with van der Waals surface area (Å²) in [6.45, 7) is 4.04. The molecule has 0 bridgehead atoms. The predicted octanol–water partition coefficient (Wildman–Crippen LogP) is 2.01. The molecule has 19 heavy (non-hydrogen) atoms. The highest BCUT2D eigenvalue weighted by Gasteiger charge is 2.10. The molecule has 0 amide bonds. The Balaban J connectivity index is 1.56. The molecule has 1 aliphatic rings. The van der Waals surface area contributed by atoms with Crippen molar-refractivity contribution in [2.24, 2.45) is 0 Å². The van der Waals surface area contributed by atoms with Crippen molar-refractivity contribution in [2.75, 3.05) is 32.0 Å². The first kappa shape index (κ1) is 12.3. The largest absolute Gasteiger partial charge is 0.463 e. The number of piperidine rings is 1. The number of hydrogen-bond donors (Lipinski definition) is 2. The van der Waals surface area contributed by atoms with Crippen molar-refractivity contribution >= 4 is 16.7 Å². The van der Waals surface area contributed by atoms with E-state index in [9.17, 15) is 0 Å². The third-order valence-corrected chi connectivity index (χ3v) is 3.58. The van der Waals surface area contributed by atoms with E-state index >= 15 is 0 Å². The number of aromatic amines is 1. The number of nitrogens with zero attached hydrogens (tertiary/aromatic N) is 2. The van der Waals surface area contributed by atoms with Crippen molar-refractivity contribution in [3.63, 3.8) is 0 Å². The molecule has 1 saturated heterocycles. The van der Waals surface area contributed by atoms with Gasteiger partial charge in [-0.15, -0.1) is 0 Å². The number of fused-ring (bicyclic) bond motifs is 1. The van der Waals surface area contributed by atoms with E-state index in [0.29, 0.717) is 12.6 Å². The summed E-state index contributed by atoms with van der Waals surface area (Å²) in [5.74, 6) is 0. The van der Waals surface area contributed by atoms with Crippen LogP contribution in [0, 0.1) is 0 Å². The molecule has 5 nitrogen and oxygen atoms in total. The highest BCUT2D eigenvalue weighted by molar-refractivity contribution is 5.79. The van der Waals surface area contributed by atoms with E-state index in [4.69, 9.17) is 10.5 Å². The lowest BCUT2D eigenvalue weighted by molar-refractivity contribution is 0.178. The summed E-state index contributed by atoms with van der Waals surface area (Å²) >= 11 is 0. The molecule has 3 N–H and O–H groups in total. The van der Waals surface area contributed by atoms with Crippen molar-refractivity contribution < 1.29 is 4.74 Å². The monoisotopic (exact) mass is 260 g/mol. The second-order valence-corrected chi connectivity index (χ2v) is 5.07.